The zero-order chi connectivity index (χ0) is 14.7. The Hall–Kier alpha value is -1.80. The van der Waals surface area contributed by atoms with Crippen molar-refractivity contribution in [1.82, 2.24) is 0 Å². The lowest BCUT2D eigenvalue weighted by Crippen LogP contribution is -2.27. The minimum Gasteiger partial charge on any atom is -0.444 e. The van der Waals surface area contributed by atoms with E-state index in [9.17, 15) is 13.2 Å². The first-order valence-corrected chi connectivity index (χ1v) is 7.00. The largest absolute Gasteiger partial charge is 0.444 e. The van der Waals surface area contributed by atoms with Gasteiger partial charge in [0.05, 0.1) is 5.69 Å². The van der Waals surface area contributed by atoms with Gasteiger partial charge in [0.15, 0.2) is 0 Å². The first-order chi connectivity index (χ1) is 8.55. The van der Waals surface area contributed by atoms with Crippen LogP contribution < -0.4 is 15.2 Å². The molecule has 0 heterocycles. The number of benzene rings is 1. The second-order valence-corrected chi connectivity index (χ2v) is 6.15. The quantitative estimate of drug-likeness (QED) is 0.784. The first-order valence-electron chi connectivity index (χ1n) is 5.46. The van der Waals surface area contributed by atoms with Crippen LogP contribution in [0.1, 0.15) is 20.8 Å². The van der Waals surface area contributed by atoms with Crippen molar-refractivity contribution in [2.24, 2.45) is 5.14 Å². The summed E-state index contributed by atoms with van der Waals surface area (Å²) in [7, 11) is -3.85. The predicted molar refractivity (Wildman–Crippen MR) is 73.0 cm³/mol. The molecule has 0 unspecified atom stereocenters. The Bertz CT molecular complexity index is 564. The average molecular weight is 287 g/mol. The van der Waals surface area contributed by atoms with Crippen molar-refractivity contribution in [2.45, 2.75) is 26.4 Å². The number of hydrogen-bond donors (Lipinski definition) is 3. The Morgan fingerprint density at radius 3 is 2.37 bits per heavy atom. The van der Waals surface area contributed by atoms with E-state index < -0.39 is 21.9 Å². The van der Waals surface area contributed by atoms with Gasteiger partial charge in [0.2, 0.25) is 0 Å². The summed E-state index contributed by atoms with van der Waals surface area (Å²) < 4.78 is 28.9. The number of nitrogens with one attached hydrogen (secondary N) is 2. The maximum absolute atomic E-state index is 11.5. The number of carbonyl (C=O) groups is 1. The summed E-state index contributed by atoms with van der Waals surface area (Å²) >= 11 is 0. The molecule has 1 amide bonds. The second-order valence-electron chi connectivity index (χ2n) is 4.85. The fourth-order valence-electron chi connectivity index (χ4n) is 1.25. The number of carbonyl (C=O) groups excluding carboxylic acids is 1. The second kappa shape index (κ2) is 5.45. The van der Waals surface area contributed by atoms with E-state index in [2.05, 4.69) is 10.0 Å². The lowest BCUT2D eigenvalue weighted by molar-refractivity contribution is 0.0636. The SMILES string of the molecule is CC(C)(C)OC(=O)Nc1cccc(NS(N)(=O)=O)c1. The summed E-state index contributed by atoms with van der Waals surface area (Å²) in [5.41, 5.74) is 0.0274. The molecule has 0 bridgehead atoms. The number of rotatable bonds is 3. The molecule has 106 valence electrons. The summed E-state index contributed by atoms with van der Waals surface area (Å²) in [4.78, 5) is 11.5. The summed E-state index contributed by atoms with van der Waals surface area (Å²) in [5, 5.41) is 7.34. The molecular formula is C11H17N3O4S. The highest BCUT2D eigenvalue weighted by Gasteiger charge is 2.16. The summed E-state index contributed by atoms with van der Waals surface area (Å²) in [6, 6.07) is 6.09. The maximum Gasteiger partial charge on any atom is 0.412 e. The van der Waals surface area contributed by atoms with Crippen LogP contribution in [-0.2, 0) is 14.9 Å². The van der Waals surface area contributed by atoms with Crippen molar-refractivity contribution >= 4 is 27.7 Å². The van der Waals surface area contributed by atoms with Crippen LogP contribution in [0.15, 0.2) is 24.3 Å². The zero-order valence-electron chi connectivity index (χ0n) is 10.9. The van der Waals surface area contributed by atoms with Crippen LogP contribution in [0.5, 0.6) is 0 Å². The Morgan fingerprint density at radius 1 is 1.26 bits per heavy atom. The predicted octanol–water partition coefficient (Wildman–Crippen LogP) is 1.65. The van der Waals surface area contributed by atoms with E-state index in [0.29, 0.717) is 5.69 Å². The minimum absolute atomic E-state index is 0.246. The van der Waals surface area contributed by atoms with Crippen LogP contribution in [0.2, 0.25) is 0 Å². The summed E-state index contributed by atoms with van der Waals surface area (Å²) in [5.74, 6) is 0. The van der Waals surface area contributed by atoms with Gasteiger partial charge in [-0.1, -0.05) is 6.07 Å². The number of amides is 1. The van der Waals surface area contributed by atoms with Gasteiger partial charge in [0.1, 0.15) is 5.60 Å². The van der Waals surface area contributed by atoms with E-state index in [1.807, 2.05) is 0 Å². The molecule has 7 nitrogen and oxygen atoms in total. The molecule has 1 rings (SSSR count). The highest BCUT2D eigenvalue weighted by atomic mass is 32.2. The first kappa shape index (κ1) is 15.3. The van der Waals surface area contributed by atoms with E-state index in [0.717, 1.165) is 0 Å². The molecule has 0 aliphatic rings. The summed E-state index contributed by atoms with van der Waals surface area (Å²) in [6.07, 6.45) is -0.625. The molecule has 0 radical (unpaired) electrons. The Kier molecular flexibility index (Phi) is 4.38. The van der Waals surface area contributed by atoms with E-state index in [4.69, 9.17) is 9.88 Å². The van der Waals surface area contributed by atoms with Gasteiger partial charge in [-0.3, -0.25) is 10.0 Å². The molecule has 0 aromatic heterocycles. The molecule has 1 aromatic rings. The van der Waals surface area contributed by atoms with Crippen molar-refractivity contribution in [3.8, 4) is 0 Å². The molecule has 19 heavy (non-hydrogen) atoms. The highest BCUT2D eigenvalue weighted by molar-refractivity contribution is 7.90. The van der Waals surface area contributed by atoms with Crippen molar-refractivity contribution in [1.29, 1.82) is 0 Å². The topological polar surface area (TPSA) is 111 Å². The van der Waals surface area contributed by atoms with Gasteiger partial charge >= 0.3 is 6.09 Å². The van der Waals surface area contributed by atoms with Crippen LogP contribution in [0, 0.1) is 0 Å². The monoisotopic (exact) mass is 287 g/mol. The molecule has 0 spiro atoms. The lowest BCUT2D eigenvalue weighted by Gasteiger charge is -2.19. The molecular weight excluding hydrogens is 270 g/mol. The molecule has 0 aliphatic carbocycles. The van der Waals surface area contributed by atoms with Gasteiger partial charge in [-0.15, -0.1) is 0 Å². The lowest BCUT2D eigenvalue weighted by atomic mass is 10.2. The molecule has 8 heteroatoms. The molecule has 0 aliphatic heterocycles. The third-order valence-corrected chi connectivity index (χ3v) is 2.29. The van der Waals surface area contributed by atoms with Gasteiger partial charge in [-0.2, -0.15) is 8.42 Å². The Balaban J connectivity index is 2.75. The third kappa shape index (κ3) is 6.63. The fourth-order valence-corrected chi connectivity index (χ4v) is 1.70. The van der Waals surface area contributed by atoms with Gasteiger partial charge in [-0.05, 0) is 39.0 Å². The van der Waals surface area contributed by atoms with Gasteiger partial charge < -0.3 is 4.74 Å². The summed E-state index contributed by atoms with van der Waals surface area (Å²) in [6.45, 7) is 5.22. The van der Waals surface area contributed by atoms with E-state index in [1.165, 1.54) is 12.1 Å². The molecule has 0 saturated carbocycles. The van der Waals surface area contributed by atoms with Crippen LogP contribution in [0.25, 0.3) is 0 Å². The number of hydrogen-bond acceptors (Lipinski definition) is 4. The van der Waals surface area contributed by atoms with Gasteiger partial charge in [0.25, 0.3) is 10.2 Å². The standard InChI is InChI=1S/C11H17N3O4S/c1-11(2,3)18-10(15)13-8-5-4-6-9(7-8)14-19(12,16)17/h4-7,14H,1-3H3,(H,13,15)(H2,12,16,17). The molecule has 0 fully saturated rings. The van der Waals surface area contributed by atoms with Crippen molar-refractivity contribution < 1.29 is 17.9 Å². The van der Waals surface area contributed by atoms with Gasteiger partial charge in [-0.25, -0.2) is 9.93 Å². The van der Waals surface area contributed by atoms with Crippen molar-refractivity contribution in [3.05, 3.63) is 24.3 Å². The molecule has 0 saturated heterocycles. The zero-order valence-corrected chi connectivity index (χ0v) is 11.7. The Morgan fingerprint density at radius 2 is 1.84 bits per heavy atom. The number of anilines is 2. The highest BCUT2D eigenvalue weighted by Crippen LogP contribution is 2.17. The van der Waals surface area contributed by atoms with Gasteiger partial charge in [0, 0.05) is 5.69 Å². The van der Waals surface area contributed by atoms with E-state index >= 15 is 0 Å². The fraction of sp³-hybridized carbons (Fsp3) is 0.364. The molecule has 0 atom stereocenters. The third-order valence-electron chi connectivity index (χ3n) is 1.77. The smallest absolute Gasteiger partial charge is 0.412 e. The Labute approximate surface area is 112 Å². The molecule has 4 N–H and O–H groups in total. The van der Waals surface area contributed by atoms with Crippen LogP contribution in [-0.4, -0.2) is 20.1 Å². The average Bonchev–Trinajstić information content (AvgIpc) is 2.11. The van der Waals surface area contributed by atoms with E-state index in [1.54, 1.807) is 32.9 Å². The van der Waals surface area contributed by atoms with Crippen molar-refractivity contribution in [2.75, 3.05) is 10.0 Å². The van der Waals surface area contributed by atoms with E-state index in [-0.39, 0.29) is 5.69 Å². The normalized spacial score (nSPS) is 11.8. The minimum atomic E-state index is -3.85. The number of ether oxygens (including phenoxy) is 1. The molecule has 1 aromatic carbocycles. The van der Waals surface area contributed by atoms with Crippen LogP contribution in [0.4, 0.5) is 16.2 Å². The number of nitrogens with two attached hydrogens (primary N) is 1. The van der Waals surface area contributed by atoms with Crippen LogP contribution >= 0.6 is 0 Å². The van der Waals surface area contributed by atoms with Crippen LogP contribution in [0.3, 0.4) is 0 Å². The van der Waals surface area contributed by atoms with Crippen molar-refractivity contribution in [3.63, 3.8) is 0 Å². The maximum atomic E-state index is 11.5.